The molecule has 0 saturated heterocycles. The fourth-order valence-corrected chi connectivity index (χ4v) is 3.67. The molecule has 1 heterocycles. The van der Waals surface area contributed by atoms with Crippen LogP contribution in [0, 0.1) is 6.92 Å². The summed E-state index contributed by atoms with van der Waals surface area (Å²) in [6.45, 7) is 6.94. The first kappa shape index (κ1) is 11.0. The van der Waals surface area contributed by atoms with Gasteiger partial charge >= 0.3 is 0 Å². The highest BCUT2D eigenvalue weighted by Gasteiger charge is 2.33. The quantitative estimate of drug-likeness (QED) is 0.532. The van der Waals surface area contributed by atoms with Crippen molar-refractivity contribution in [1.29, 1.82) is 0 Å². The van der Waals surface area contributed by atoms with Gasteiger partial charge in [-0.2, -0.15) is 0 Å². The molecule has 2 aromatic carbocycles. The first-order valence-corrected chi connectivity index (χ1v) is 6.89. The number of aromatic nitrogens is 1. The number of nitrogens with zero attached hydrogens (tertiary/aromatic N) is 1. The topological polar surface area (TPSA) is 12.9 Å². The molecule has 0 unspecified atom stereocenters. The van der Waals surface area contributed by atoms with Gasteiger partial charge in [0.2, 0.25) is 0 Å². The Hall–Kier alpha value is -1.89. The molecule has 94 valence electrons. The largest absolute Gasteiger partial charge is 0.256 e. The summed E-state index contributed by atoms with van der Waals surface area (Å²) in [5.74, 6) is 0. The van der Waals surface area contributed by atoms with E-state index in [1.54, 1.807) is 0 Å². The summed E-state index contributed by atoms with van der Waals surface area (Å²) in [6, 6.07) is 10.9. The molecule has 0 saturated carbocycles. The van der Waals surface area contributed by atoms with Crippen molar-refractivity contribution in [1.82, 2.24) is 4.98 Å². The lowest BCUT2D eigenvalue weighted by molar-refractivity contribution is 0.545. The Balaban J connectivity index is 2.33. The number of rotatable bonds is 0. The average Bonchev–Trinajstić information content (AvgIpc) is 2.70. The zero-order valence-corrected chi connectivity index (χ0v) is 11.6. The second-order valence-corrected chi connectivity index (χ2v) is 6.29. The molecule has 1 nitrogen and oxygen atoms in total. The molecule has 1 aliphatic rings. The summed E-state index contributed by atoms with van der Waals surface area (Å²) in [5.41, 5.74) is 5.81. The number of hydrogen-bond acceptors (Lipinski definition) is 1. The Morgan fingerprint density at radius 1 is 1.05 bits per heavy atom. The predicted octanol–water partition coefficient (Wildman–Crippen LogP) is 4.53. The maximum Gasteiger partial charge on any atom is 0.0783 e. The number of benzene rings is 2. The van der Waals surface area contributed by atoms with E-state index in [0.717, 1.165) is 11.9 Å². The summed E-state index contributed by atoms with van der Waals surface area (Å²) in [7, 11) is 0. The van der Waals surface area contributed by atoms with Crippen molar-refractivity contribution in [2.45, 2.75) is 32.6 Å². The summed E-state index contributed by atoms with van der Waals surface area (Å²) < 4.78 is 0. The Labute approximate surface area is 113 Å². The first-order valence-electron chi connectivity index (χ1n) is 6.89. The molecule has 1 aromatic heterocycles. The number of fused-ring (bicyclic) bond motifs is 2. The molecule has 0 spiro atoms. The molecule has 19 heavy (non-hydrogen) atoms. The number of hydrogen-bond donors (Lipinski definition) is 0. The molecule has 1 heteroatoms. The summed E-state index contributed by atoms with van der Waals surface area (Å²) >= 11 is 0. The highest BCUT2D eigenvalue weighted by atomic mass is 14.7. The van der Waals surface area contributed by atoms with Crippen LogP contribution >= 0.6 is 0 Å². The van der Waals surface area contributed by atoms with Crippen LogP contribution in [0.1, 0.15) is 30.5 Å². The fraction of sp³-hybridized carbons (Fsp3) is 0.278. The van der Waals surface area contributed by atoms with Crippen LogP contribution in [-0.2, 0) is 11.8 Å². The van der Waals surface area contributed by atoms with Crippen molar-refractivity contribution >= 4 is 21.7 Å². The van der Waals surface area contributed by atoms with Crippen molar-refractivity contribution in [3.8, 4) is 0 Å². The molecule has 0 N–H and O–H groups in total. The minimum absolute atomic E-state index is 0.240. The highest BCUT2D eigenvalue weighted by Crippen LogP contribution is 2.45. The van der Waals surface area contributed by atoms with E-state index in [1.807, 2.05) is 12.3 Å². The van der Waals surface area contributed by atoms with Gasteiger partial charge in [-0.05, 0) is 46.9 Å². The van der Waals surface area contributed by atoms with Gasteiger partial charge < -0.3 is 0 Å². The first-order chi connectivity index (χ1) is 9.09. The molecule has 1 aliphatic carbocycles. The van der Waals surface area contributed by atoms with E-state index in [2.05, 4.69) is 50.0 Å². The van der Waals surface area contributed by atoms with Crippen LogP contribution in [0.25, 0.3) is 21.7 Å². The van der Waals surface area contributed by atoms with Crippen LogP contribution in [0.5, 0.6) is 0 Å². The van der Waals surface area contributed by atoms with Gasteiger partial charge in [-0.3, -0.25) is 4.98 Å². The molecule has 0 fully saturated rings. The Bertz CT molecular complexity index is 828. The van der Waals surface area contributed by atoms with Gasteiger partial charge in [-0.1, -0.05) is 38.1 Å². The maximum absolute atomic E-state index is 4.63. The monoisotopic (exact) mass is 247 g/mol. The van der Waals surface area contributed by atoms with Crippen molar-refractivity contribution in [2.75, 3.05) is 0 Å². The predicted molar refractivity (Wildman–Crippen MR) is 80.7 cm³/mol. The normalized spacial score (nSPS) is 16.4. The van der Waals surface area contributed by atoms with Crippen molar-refractivity contribution < 1.29 is 0 Å². The zero-order chi connectivity index (χ0) is 13.2. The second-order valence-electron chi connectivity index (χ2n) is 6.29. The van der Waals surface area contributed by atoms with E-state index in [1.165, 1.54) is 32.8 Å². The van der Waals surface area contributed by atoms with Gasteiger partial charge in [0.05, 0.1) is 5.52 Å². The third kappa shape index (κ3) is 1.28. The summed E-state index contributed by atoms with van der Waals surface area (Å²) in [6.07, 6.45) is 3.04. The molecule has 0 amide bonds. The fourth-order valence-electron chi connectivity index (χ4n) is 3.67. The standard InChI is InChI=1S/C18H17N/c1-11-12-7-5-9-19-17(12)13-6-4-8-15-16(13)14(11)10-18(15,2)3/h4-9H,10H2,1-3H3. The minimum atomic E-state index is 0.240. The van der Waals surface area contributed by atoms with Crippen LogP contribution in [0.4, 0.5) is 0 Å². The Morgan fingerprint density at radius 2 is 1.84 bits per heavy atom. The van der Waals surface area contributed by atoms with Crippen LogP contribution in [0.2, 0.25) is 0 Å². The SMILES string of the molecule is Cc1c2c3c(cccc3c3ncccc13)C(C)(C)C2. The van der Waals surface area contributed by atoms with Gasteiger partial charge in [0, 0.05) is 17.0 Å². The second kappa shape index (κ2) is 3.36. The Kier molecular flexibility index (Phi) is 1.94. The molecule has 0 atom stereocenters. The van der Waals surface area contributed by atoms with Crippen molar-refractivity contribution in [3.05, 3.63) is 53.2 Å². The van der Waals surface area contributed by atoms with Gasteiger partial charge in [0.25, 0.3) is 0 Å². The Morgan fingerprint density at radius 3 is 2.68 bits per heavy atom. The maximum atomic E-state index is 4.63. The third-order valence-electron chi connectivity index (χ3n) is 4.63. The lowest BCUT2D eigenvalue weighted by atomic mass is 9.85. The van der Waals surface area contributed by atoms with Crippen molar-refractivity contribution in [2.24, 2.45) is 0 Å². The van der Waals surface area contributed by atoms with Crippen LogP contribution in [0.15, 0.2) is 36.5 Å². The van der Waals surface area contributed by atoms with Crippen LogP contribution < -0.4 is 0 Å². The lowest BCUT2D eigenvalue weighted by Gasteiger charge is -2.18. The smallest absolute Gasteiger partial charge is 0.0783 e. The lowest BCUT2D eigenvalue weighted by Crippen LogP contribution is -2.14. The molecular weight excluding hydrogens is 230 g/mol. The van der Waals surface area contributed by atoms with Gasteiger partial charge in [0.15, 0.2) is 0 Å². The van der Waals surface area contributed by atoms with Crippen LogP contribution in [0.3, 0.4) is 0 Å². The zero-order valence-electron chi connectivity index (χ0n) is 11.6. The summed E-state index contributed by atoms with van der Waals surface area (Å²) in [4.78, 5) is 4.63. The molecular formula is C18H17N. The van der Waals surface area contributed by atoms with E-state index >= 15 is 0 Å². The molecule has 4 rings (SSSR count). The van der Waals surface area contributed by atoms with Gasteiger partial charge in [-0.25, -0.2) is 0 Å². The van der Waals surface area contributed by atoms with Gasteiger partial charge in [-0.15, -0.1) is 0 Å². The molecule has 0 bridgehead atoms. The summed E-state index contributed by atoms with van der Waals surface area (Å²) in [5, 5.41) is 4.08. The van der Waals surface area contributed by atoms with E-state index in [4.69, 9.17) is 0 Å². The van der Waals surface area contributed by atoms with Crippen LogP contribution in [-0.4, -0.2) is 4.98 Å². The van der Waals surface area contributed by atoms with E-state index in [0.29, 0.717) is 0 Å². The number of pyridine rings is 1. The molecule has 0 radical (unpaired) electrons. The molecule has 0 aliphatic heterocycles. The average molecular weight is 247 g/mol. The van der Waals surface area contributed by atoms with E-state index in [9.17, 15) is 0 Å². The third-order valence-corrected chi connectivity index (χ3v) is 4.63. The number of aryl methyl sites for hydroxylation is 1. The molecule has 3 aromatic rings. The van der Waals surface area contributed by atoms with Gasteiger partial charge in [0.1, 0.15) is 0 Å². The highest BCUT2D eigenvalue weighted by molar-refractivity contribution is 6.10. The van der Waals surface area contributed by atoms with E-state index in [-0.39, 0.29) is 5.41 Å². The minimum Gasteiger partial charge on any atom is -0.256 e. The van der Waals surface area contributed by atoms with E-state index < -0.39 is 0 Å². The van der Waals surface area contributed by atoms with Crippen molar-refractivity contribution in [3.63, 3.8) is 0 Å².